The van der Waals surface area contributed by atoms with Gasteiger partial charge in [-0.2, -0.15) is 0 Å². The summed E-state index contributed by atoms with van der Waals surface area (Å²) in [5, 5.41) is 19.2. The highest BCUT2D eigenvalue weighted by molar-refractivity contribution is 5.91. The van der Waals surface area contributed by atoms with Gasteiger partial charge in [0.2, 0.25) is 0 Å². The summed E-state index contributed by atoms with van der Waals surface area (Å²) in [6.45, 7) is 1.88. The van der Waals surface area contributed by atoms with Gasteiger partial charge < -0.3 is 20.9 Å². The summed E-state index contributed by atoms with van der Waals surface area (Å²) >= 11 is 0. The zero-order valence-corrected chi connectivity index (χ0v) is 15.9. The summed E-state index contributed by atoms with van der Waals surface area (Å²) in [6.07, 6.45) is 1.59. The first-order valence-corrected chi connectivity index (χ1v) is 9.50. The summed E-state index contributed by atoms with van der Waals surface area (Å²) in [5.41, 5.74) is 1.27. The predicted octanol–water partition coefficient (Wildman–Crippen LogP) is 1.40. The molecule has 2 aromatic carbocycles. The zero-order valence-electron chi connectivity index (χ0n) is 15.9. The fourth-order valence-corrected chi connectivity index (χ4v) is 3.32. The minimum Gasteiger partial charge on any atom is -0.335 e. The molecule has 3 amide bonds. The predicted molar refractivity (Wildman–Crippen MR) is 109 cm³/mol. The summed E-state index contributed by atoms with van der Waals surface area (Å²) in [5.74, 6) is -0.137. The Bertz CT molecular complexity index is 849. The van der Waals surface area contributed by atoms with Gasteiger partial charge in [-0.15, -0.1) is 0 Å². The van der Waals surface area contributed by atoms with Gasteiger partial charge in [-0.1, -0.05) is 18.2 Å². The first-order valence-electron chi connectivity index (χ1n) is 9.50. The van der Waals surface area contributed by atoms with Gasteiger partial charge in [0.15, 0.2) is 6.54 Å². The molecule has 0 bridgehead atoms. The van der Waals surface area contributed by atoms with Crippen LogP contribution in [0, 0.1) is 10.1 Å². The van der Waals surface area contributed by atoms with Crippen LogP contribution in [0.4, 0.5) is 21.9 Å². The van der Waals surface area contributed by atoms with Crippen LogP contribution < -0.4 is 20.9 Å². The Balaban J connectivity index is 1.38. The molecule has 9 heteroatoms. The molecule has 0 aromatic heterocycles. The molecular weight excluding hydrogens is 374 g/mol. The van der Waals surface area contributed by atoms with E-state index in [1.54, 1.807) is 0 Å². The van der Waals surface area contributed by atoms with Crippen molar-refractivity contribution in [1.29, 1.82) is 0 Å². The second-order valence-electron chi connectivity index (χ2n) is 7.02. The Morgan fingerprint density at radius 1 is 0.966 bits per heavy atom. The van der Waals surface area contributed by atoms with Gasteiger partial charge in [0.1, 0.15) is 0 Å². The van der Waals surface area contributed by atoms with Crippen LogP contribution in [0.1, 0.15) is 12.8 Å². The number of non-ortho nitro benzene ring substituents is 1. The topological polar surface area (TPSA) is 118 Å². The molecule has 0 unspecified atom stereocenters. The van der Waals surface area contributed by atoms with E-state index in [1.165, 1.54) is 24.3 Å². The number of nitrogens with zero attached hydrogens (tertiary/aromatic N) is 1. The smallest absolute Gasteiger partial charge is 0.319 e. The number of carbonyl (C=O) groups excluding carboxylic acids is 2. The molecule has 0 atom stereocenters. The van der Waals surface area contributed by atoms with Crippen molar-refractivity contribution in [2.75, 3.05) is 30.3 Å². The van der Waals surface area contributed by atoms with E-state index in [9.17, 15) is 19.7 Å². The van der Waals surface area contributed by atoms with Crippen molar-refractivity contribution in [2.45, 2.75) is 18.9 Å². The summed E-state index contributed by atoms with van der Waals surface area (Å²) in [4.78, 5) is 35.6. The number of piperidine rings is 1. The maximum Gasteiger partial charge on any atom is 0.319 e. The van der Waals surface area contributed by atoms with Crippen molar-refractivity contribution in [1.82, 2.24) is 5.32 Å². The van der Waals surface area contributed by atoms with Crippen LogP contribution in [0.15, 0.2) is 54.6 Å². The number of urea groups is 1. The van der Waals surface area contributed by atoms with Gasteiger partial charge in [-0.3, -0.25) is 14.9 Å². The van der Waals surface area contributed by atoms with E-state index >= 15 is 0 Å². The fraction of sp³-hybridized carbons (Fsp3) is 0.300. The Kier molecular flexibility index (Phi) is 6.75. The highest BCUT2D eigenvalue weighted by atomic mass is 16.6. The Morgan fingerprint density at radius 2 is 1.59 bits per heavy atom. The average Bonchev–Trinajstić information content (AvgIpc) is 2.70. The molecule has 1 aliphatic rings. The fourth-order valence-electron chi connectivity index (χ4n) is 3.32. The summed E-state index contributed by atoms with van der Waals surface area (Å²) in [7, 11) is 0. The van der Waals surface area contributed by atoms with Gasteiger partial charge in [0, 0.05) is 42.4 Å². The number of nitrogens with one attached hydrogen (secondary N) is 4. The Morgan fingerprint density at radius 3 is 2.21 bits per heavy atom. The number of hydrogen-bond acceptors (Lipinski definition) is 4. The van der Waals surface area contributed by atoms with Gasteiger partial charge in [-0.05, 0) is 24.3 Å². The Labute approximate surface area is 168 Å². The third kappa shape index (κ3) is 6.28. The van der Waals surface area contributed by atoms with Gasteiger partial charge in [-0.25, -0.2) is 4.79 Å². The van der Waals surface area contributed by atoms with Gasteiger partial charge >= 0.3 is 6.03 Å². The lowest BCUT2D eigenvalue weighted by Crippen LogP contribution is -3.14. The summed E-state index contributed by atoms with van der Waals surface area (Å²) in [6, 6.07) is 14.9. The quantitative estimate of drug-likeness (QED) is 0.435. The molecule has 1 aliphatic heterocycles. The van der Waals surface area contributed by atoms with Crippen LogP contribution in [0.2, 0.25) is 0 Å². The molecule has 29 heavy (non-hydrogen) atoms. The lowest BCUT2D eigenvalue weighted by atomic mass is 10.1. The molecule has 1 saturated heterocycles. The normalized spacial score (nSPS) is 18.5. The van der Waals surface area contributed by atoms with Crippen molar-refractivity contribution in [2.24, 2.45) is 0 Å². The molecule has 1 heterocycles. The number of amides is 3. The van der Waals surface area contributed by atoms with Crippen molar-refractivity contribution in [3.8, 4) is 0 Å². The minimum atomic E-state index is -0.478. The highest BCUT2D eigenvalue weighted by Crippen LogP contribution is 2.15. The molecule has 1 fully saturated rings. The van der Waals surface area contributed by atoms with Crippen LogP contribution in [0.5, 0.6) is 0 Å². The highest BCUT2D eigenvalue weighted by Gasteiger charge is 2.25. The second-order valence-corrected chi connectivity index (χ2v) is 7.02. The lowest BCUT2D eigenvalue weighted by molar-refractivity contribution is -0.897. The van der Waals surface area contributed by atoms with E-state index in [0.29, 0.717) is 12.2 Å². The molecule has 3 rings (SSSR count). The molecule has 0 aliphatic carbocycles. The van der Waals surface area contributed by atoms with Crippen LogP contribution in [-0.4, -0.2) is 42.5 Å². The SMILES string of the molecule is O=C(C[NH+]1CCC(NC(=O)Nc2ccccc2)CC1)Nc1ccc([N+](=O)[O-])cc1. The van der Waals surface area contributed by atoms with E-state index in [1.807, 2.05) is 30.3 Å². The Hall–Kier alpha value is -3.46. The number of nitro benzene ring substituents is 1. The number of carbonyl (C=O) groups is 2. The molecular formula is C20H24N5O4+. The number of nitro groups is 1. The maximum absolute atomic E-state index is 12.2. The molecule has 0 radical (unpaired) electrons. The van der Waals surface area contributed by atoms with E-state index in [-0.39, 0.29) is 23.7 Å². The van der Waals surface area contributed by atoms with Crippen molar-refractivity contribution in [3.63, 3.8) is 0 Å². The number of benzene rings is 2. The van der Waals surface area contributed by atoms with Gasteiger partial charge in [0.05, 0.1) is 18.0 Å². The molecule has 9 nitrogen and oxygen atoms in total. The van der Waals surface area contributed by atoms with Crippen LogP contribution in [0.3, 0.4) is 0 Å². The number of quaternary nitrogens is 1. The van der Waals surface area contributed by atoms with E-state index < -0.39 is 4.92 Å². The number of para-hydroxylation sites is 1. The standard InChI is InChI=1S/C20H23N5O4/c26-19(21-16-6-8-18(9-7-16)25(28)29)14-24-12-10-17(11-13-24)23-20(27)22-15-4-2-1-3-5-15/h1-9,17H,10-14H2,(H,21,26)(H2,22,23,27)/p+1. The number of anilines is 2. The van der Waals surface area contributed by atoms with Gasteiger partial charge in [0.25, 0.3) is 11.6 Å². The van der Waals surface area contributed by atoms with Crippen LogP contribution in [-0.2, 0) is 4.79 Å². The number of rotatable bonds is 6. The van der Waals surface area contributed by atoms with Crippen molar-refractivity contribution >= 4 is 29.0 Å². The monoisotopic (exact) mass is 398 g/mol. The number of hydrogen-bond donors (Lipinski definition) is 4. The van der Waals surface area contributed by atoms with E-state index in [4.69, 9.17) is 0 Å². The zero-order chi connectivity index (χ0) is 20.6. The molecule has 4 N–H and O–H groups in total. The summed E-state index contributed by atoms with van der Waals surface area (Å²) < 4.78 is 0. The first kappa shape index (κ1) is 20.3. The first-order chi connectivity index (χ1) is 14.0. The third-order valence-corrected chi connectivity index (χ3v) is 4.83. The second kappa shape index (κ2) is 9.65. The molecule has 152 valence electrons. The molecule has 0 spiro atoms. The van der Waals surface area contributed by atoms with Crippen LogP contribution in [0.25, 0.3) is 0 Å². The minimum absolute atomic E-state index is 0.0144. The van der Waals surface area contributed by atoms with Crippen LogP contribution >= 0.6 is 0 Å². The third-order valence-electron chi connectivity index (χ3n) is 4.83. The van der Waals surface area contributed by atoms with Crippen molar-refractivity contribution < 1.29 is 19.4 Å². The largest absolute Gasteiger partial charge is 0.335 e. The van der Waals surface area contributed by atoms with E-state index in [2.05, 4.69) is 16.0 Å². The molecule has 2 aromatic rings. The maximum atomic E-state index is 12.2. The van der Waals surface area contributed by atoms with E-state index in [0.717, 1.165) is 36.5 Å². The molecule has 0 saturated carbocycles. The van der Waals surface area contributed by atoms with Crippen molar-refractivity contribution in [3.05, 3.63) is 64.7 Å². The average molecular weight is 398 g/mol. The lowest BCUT2D eigenvalue weighted by Gasteiger charge is -2.29. The number of likely N-dealkylation sites (tertiary alicyclic amines) is 1.